The fourth-order valence-electron chi connectivity index (χ4n) is 6.91. The molecular formula is C38H34O5. The maximum atomic E-state index is 7.34. The number of rotatable bonds is 6. The lowest BCUT2D eigenvalue weighted by atomic mass is 9.76. The van der Waals surface area contributed by atoms with Gasteiger partial charge in [0.15, 0.2) is 17.1 Å². The molecule has 0 bridgehead atoms. The van der Waals surface area contributed by atoms with Gasteiger partial charge in [-0.05, 0) is 70.1 Å². The zero-order valence-corrected chi connectivity index (χ0v) is 25.3. The molecule has 1 aliphatic heterocycles. The highest BCUT2D eigenvalue weighted by Crippen LogP contribution is 2.59. The molecule has 5 nitrogen and oxygen atoms in total. The van der Waals surface area contributed by atoms with E-state index in [1.54, 1.807) is 28.4 Å². The van der Waals surface area contributed by atoms with Gasteiger partial charge in [-0.1, -0.05) is 68.5 Å². The third kappa shape index (κ3) is 3.84. The first-order chi connectivity index (χ1) is 20.9. The van der Waals surface area contributed by atoms with Crippen molar-refractivity contribution in [2.24, 2.45) is 0 Å². The van der Waals surface area contributed by atoms with E-state index in [2.05, 4.69) is 86.7 Å². The molecular weight excluding hydrogens is 536 g/mol. The van der Waals surface area contributed by atoms with Gasteiger partial charge >= 0.3 is 0 Å². The largest absolute Gasteiger partial charge is 0.497 e. The van der Waals surface area contributed by atoms with Crippen LogP contribution in [0, 0.1) is 0 Å². The van der Waals surface area contributed by atoms with Crippen LogP contribution >= 0.6 is 0 Å². The van der Waals surface area contributed by atoms with Crippen molar-refractivity contribution in [3.05, 3.63) is 119 Å². The fourth-order valence-corrected chi connectivity index (χ4v) is 6.91. The van der Waals surface area contributed by atoms with Crippen LogP contribution in [0.15, 0.2) is 91.0 Å². The van der Waals surface area contributed by atoms with Gasteiger partial charge in [-0.2, -0.15) is 0 Å². The second kappa shape index (κ2) is 9.84. The van der Waals surface area contributed by atoms with Gasteiger partial charge in [0.25, 0.3) is 0 Å². The Kier molecular flexibility index (Phi) is 6.17. The Morgan fingerprint density at radius 1 is 0.628 bits per heavy atom. The number of fused-ring (bicyclic) bond motifs is 8. The van der Waals surface area contributed by atoms with E-state index < -0.39 is 5.60 Å². The molecule has 5 aromatic rings. The van der Waals surface area contributed by atoms with E-state index in [4.69, 9.17) is 23.7 Å². The standard InChI is InChI=1S/C38H34O5/c1-37(2)31-22-33(42-6)32(41-5)21-30(31)34-27-9-7-8-10-28(27)36-29(35(34)37)19-20-38(43-36,23-11-15-25(39-3)16-12-23)24-13-17-26(40-4)18-14-24/h7-22H,1-6H3. The Bertz CT molecular complexity index is 1850. The number of methoxy groups -OCH3 is 4. The third-order valence-electron chi connectivity index (χ3n) is 9.08. The summed E-state index contributed by atoms with van der Waals surface area (Å²) in [5.41, 5.74) is 6.72. The van der Waals surface area contributed by atoms with Crippen molar-refractivity contribution in [3.8, 4) is 39.9 Å². The highest BCUT2D eigenvalue weighted by atomic mass is 16.5. The summed E-state index contributed by atoms with van der Waals surface area (Å²) < 4.78 is 29.8. The van der Waals surface area contributed by atoms with Gasteiger partial charge in [0, 0.05) is 27.5 Å². The van der Waals surface area contributed by atoms with Crippen LogP contribution in [-0.4, -0.2) is 28.4 Å². The molecule has 0 saturated carbocycles. The van der Waals surface area contributed by atoms with Crippen LogP contribution in [0.4, 0.5) is 0 Å². The first kappa shape index (κ1) is 27.0. The monoisotopic (exact) mass is 570 g/mol. The first-order valence-corrected chi connectivity index (χ1v) is 14.4. The van der Waals surface area contributed by atoms with Crippen molar-refractivity contribution in [2.75, 3.05) is 28.4 Å². The highest BCUT2D eigenvalue weighted by Gasteiger charge is 2.44. The maximum absolute atomic E-state index is 7.34. The molecule has 43 heavy (non-hydrogen) atoms. The van der Waals surface area contributed by atoms with Crippen LogP contribution in [0.5, 0.6) is 28.7 Å². The van der Waals surface area contributed by atoms with Crippen molar-refractivity contribution in [3.63, 3.8) is 0 Å². The Morgan fingerprint density at radius 2 is 1.19 bits per heavy atom. The van der Waals surface area contributed by atoms with E-state index in [0.29, 0.717) is 0 Å². The molecule has 7 rings (SSSR count). The number of ether oxygens (including phenoxy) is 5. The van der Waals surface area contributed by atoms with Crippen LogP contribution in [0.3, 0.4) is 0 Å². The average molecular weight is 571 g/mol. The maximum Gasteiger partial charge on any atom is 0.178 e. The zero-order valence-electron chi connectivity index (χ0n) is 25.3. The summed E-state index contributed by atoms with van der Waals surface area (Å²) in [4.78, 5) is 0. The van der Waals surface area contributed by atoms with Crippen molar-refractivity contribution >= 4 is 16.8 Å². The molecule has 216 valence electrons. The van der Waals surface area contributed by atoms with Crippen LogP contribution in [0.1, 0.15) is 41.7 Å². The van der Waals surface area contributed by atoms with Gasteiger partial charge in [0.2, 0.25) is 0 Å². The molecule has 5 heteroatoms. The molecule has 0 atom stereocenters. The van der Waals surface area contributed by atoms with Crippen LogP contribution in [-0.2, 0) is 11.0 Å². The summed E-state index contributed by atoms with van der Waals surface area (Å²) in [6.45, 7) is 4.56. The highest BCUT2D eigenvalue weighted by molar-refractivity contribution is 6.08. The number of hydrogen-bond acceptors (Lipinski definition) is 5. The van der Waals surface area contributed by atoms with E-state index in [0.717, 1.165) is 61.8 Å². The van der Waals surface area contributed by atoms with E-state index in [1.807, 2.05) is 24.3 Å². The molecule has 0 saturated heterocycles. The summed E-state index contributed by atoms with van der Waals surface area (Å²) in [5.74, 6) is 3.90. The summed E-state index contributed by atoms with van der Waals surface area (Å²) in [5, 5.41) is 2.20. The second-order valence-electron chi connectivity index (χ2n) is 11.5. The van der Waals surface area contributed by atoms with Crippen molar-refractivity contribution in [2.45, 2.75) is 24.9 Å². The van der Waals surface area contributed by atoms with Crippen molar-refractivity contribution in [1.29, 1.82) is 0 Å². The van der Waals surface area contributed by atoms with Gasteiger partial charge in [-0.25, -0.2) is 0 Å². The molecule has 0 N–H and O–H groups in total. The summed E-state index contributed by atoms with van der Waals surface area (Å²) >= 11 is 0. The molecule has 5 aromatic carbocycles. The molecule has 0 fully saturated rings. The second-order valence-corrected chi connectivity index (χ2v) is 11.5. The smallest absolute Gasteiger partial charge is 0.178 e. The minimum Gasteiger partial charge on any atom is -0.497 e. The van der Waals surface area contributed by atoms with Gasteiger partial charge in [-0.15, -0.1) is 0 Å². The van der Waals surface area contributed by atoms with E-state index in [9.17, 15) is 0 Å². The first-order valence-electron chi connectivity index (χ1n) is 14.4. The molecule has 1 aliphatic carbocycles. The normalized spacial score (nSPS) is 15.2. The number of hydrogen-bond donors (Lipinski definition) is 0. The fraction of sp³-hybridized carbons (Fsp3) is 0.211. The van der Waals surface area contributed by atoms with Gasteiger partial charge in [0.1, 0.15) is 17.2 Å². The number of benzene rings is 5. The van der Waals surface area contributed by atoms with Crippen LogP contribution < -0.4 is 23.7 Å². The topological polar surface area (TPSA) is 46.2 Å². The Morgan fingerprint density at radius 3 is 1.74 bits per heavy atom. The van der Waals surface area contributed by atoms with E-state index in [-0.39, 0.29) is 5.41 Å². The molecule has 0 spiro atoms. The minimum atomic E-state index is -0.870. The van der Waals surface area contributed by atoms with Crippen molar-refractivity contribution in [1.82, 2.24) is 0 Å². The predicted molar refractivity (Wildman–Crippen MR) is 171 cm³/mol. The summed E-state index contributed by atoms with van der Waals surface area (Å²) in [7, 11) is 6.73. The molecule has 0 amide bonds. The molecule has 1 heterocycles. The lowest BCUT2D eigenvalue weighted by Gasteiger charge is -2.38. The van der Waals surface area contributed by atoms with Crippen molar-refractivity contribution < 1.29 is 23.7 Å². The lowest BCUT2D eigenvalue weighted by Crippen LogP contribution is -2.35. The van der Waals surface area contributed by atoms with Gasteiger partial charge in [-0.3, -0.25) is 0 Å². The SMILES string of the molecule is COc1ccc(C2(c3ccc(OC)cc3)C=Cc3c4c(c5ccccc5c3O2)-c2cc(OC)c(OC)cc2C4(C)C)cc1. The quantitative estimate of drug-likeness (QED) is 0.205. The molecule has 0 aromatic heterocycles. The Labute approximate surface area is 252 Å². The molecule has 0 radical (unpaired) electrons. The van der Waals surface area contributed by atoms with Gasteiger partial charge < -0.3 is 23.7 Å². The van der Waals surface area contributed by atoms with E-state index in [1.165, 1.54) is 16.7 Å². The lowest BCUT2D eigenvalue weighted by molar-refractivity contribution is 0.163. The van der Waals surface area contributed by atoms with Gasteiger partial charge in [0.05, 0.1) is 28.4 Å². The average Bonchev–Trinajstić information content (AvgIpc) is 3.29. The molecule has 0 unspecified atom stereocenters. The third-order valence-corrected chi connectivity index (χ3v) is 9.08. The zero-order chi connectivity index (χ0) is 29.9. The van der Waals surface area contributed by atoms with Crippen LogP contribution in [0.25, 0.3) is 28.0 Å². The van der Waals surface area contributed by atoms with Crippen LogP contribution in [0.2, 0.25) is 0 Å². The summed E-state index contributed by atoms with van der Waals surface area (Å²) in [6, 6.07) is 29.0. The summed E-state index contributed by atoms with van der Waals surface area (Å²) in [6.07, 6.45) is 4.44. The molecule has 2 aliphatic rings. The van der Waals surface area contributed by atoms with E-state index >= 15 is 0 Å². The Balaban J connectivity index is 1.52. The minimum absolute atomic E-state index is 0.313. The predicted octanol–water partition coefficient (Wildman–Crippen LogP) is 8.53. The Hall–Kier alpha value is -4.90.